The molecule has 0 unspecified atom stereocenters. The zero-order valence-electron chi connectivity index (χ0n) is 9.72. The number of nitrogens with one attached hydrogen (secondary N) is 1. The lowest BCUT2D eigenvalue weighted by atomic mass is 10.0. The highest BCUT2D eigenvalue weighted by atomic mass is 79.9. The van der Waals surface area contributed by atoms with Crippen molar-refractivity contribution in [1.29, 1.82) is 0 Å². The van der Waals surface area contributed by atoms with Crippen LogP contribution in [0.15, 0.2) is 16.6 Å². The molecule has 0 saturated heterocycles. The van der Waals surface area contributed by atoms with E-state index in [0.717, 1.165) is 13.1 Å². The van der Waals surface area contributed by atoms with E-state index in [4.69, 9.17) is 0 Å². The molecule has 2 aromatic rings. The van der Waals surface area contributed by atoms with Gasteiger partial charge in [-0.3, -0.25) is 0 Å². The average molecular weight is 291 g/mol. The number of hydrogen-bond donors (Lipinski definition) is 1. The van der Waals surface area contributed by atoms with Gasteiger partial charge >= 0.3 is 0 Å². The van der Waals surface area contributed by atoms with Crippen LogP contribution in [0.5, 0.6) is 0 Å². The smallest absolute Gasteiger partial charge is 0.0530 e. The van der Waals surface area contributed by atoms with Crippen LogP contribution in [0.3, 0.4) is 0 Å². The highest BCUT2D eigenvalue weighted by molar-refractivity contribution is 9.10. The number of rotatable bonds is 0. The van der Waals surface area contributed by atoms with Crippen LogP contribution in [0.1, 0.15) is 16.8 Å². The molecule has 0 radical (unpaired) electrons. The molecule has 0 bridgehead atoms. The fourth-order valence-corrected chi connectivity index (χ4v) is 3.95. The molecule has 3 heteroatoms. The van der Waals surface area contributed by atoms with Gasteiger partial charge in [0.1, 0.15) is 0 Å². The molecule has 2 aliphatic heterocycles. The predicted molar refractivity (Wildman–Crippen MR) is 73.6 cm³/mol. The highest BCUT2D eigenvalue weighted by Crippen LogP contribution is 2.38. The summed E-state index contributed by atoms with van der Waals surface area (Å²) in [5.41, 5.74) is 6.20. The summed E-state index contributed by atoms with van der Waals surface area (Å²) in [5, 5.41) is 5.00. The Hall–Kier alpha value is -0.800. The van der Waals surface area contributed by atoms with Crippen LogP contribution in [0.4, 0.5) is 0 Å². The van der Waals surface area contributed by atoms with Gasteiger partial charge in [0.2, 0.25) is 0 Å². The summed E-state index contributed by atoms with van der Waals surface area (Å²) in [4.78, 5) is 0. The van der Waals surface area contributed by atoms with Gasteiger partial charge < -0.3 is 9.88 Å². The van der Waals surface area contributed by atoms with Crippen molar-refractivity contribution in [2.24, 2.45) is 0 Å². The first-order valence-electron chi connectivity index (χ1n) is 6.38. The minimum Gasteiger partial charge on any atom is -0.344 e. The molecular weight excluding hydrogens is 276 g/mol. The SMILES string of the molecule is Brc1ccc2c3c(n4c2c1CC4)CCNCC3. The van der Waals surface area contributed by atoms with E-state index >= 15 is 0 Å². The van der Waals surface area contributed by atoms with Crippen molar-refractivity contribution in [2.75, 3.05) is 13.1 Å². The molecule has 0 saturated carbocycles. The van der Waals surface area contributed by atoms with Crippen molar-refractivity contribution in [1.82, 2.24) is 9.88 Å². The second kappa shape index (κ2) is 3.59. The first-order valence-corrected chi connectivity index (χ1v) is 7.17. The van der Waals surface area contributed by atoms with Gasteiger partial charge in [-0.25, -0.2) is 0 Å². The van der Waals surface area contributed by atoms with Crippen molar-refractivity contribution in [2.45, 2.75) is 25.8 Å². The Morgan fingerprint density at radius 1 is 1.06 bits per heavy atom. The topological polar surface area (TPSA) is 17.0 Å². The Morgan fingerprint density at radius 2 is 1.94 bits per heavy atom. The number of nitrogens with zero attached hydrogens (tertiary/aromatic N) is 1. The Balaban J connectivity index is 2.10. The van der Waals surface area contributed by atoms with E-state index in [1.54, 1.807) is 11.3 Å². The van der Waals surface area contributed by atoms with E-state index < -0.39 is 0 Å². The predicted octanol–water partition coefficient (Wildman–Crippen LogP) is 2.65. The van der Waals surface area contributed by atoms with Gasteiger partial charge in [0.05, 0.1) is 5.52 Å². The molecule has 4 rings (SSSR count). The van der Waals surface area contributed by atoms with Gasteiger partial charge in [-0.2, -0.15) is 0 Å². The summed E-state index contributed by atoms with van der Waals surface area (Å²) < 4.78 is 3.85. The van der Waals surface area contributed by atoms with E-state index in [2.05, 4.69) is 37.9 Å². The standard InChI is InChI=1S/C14H15BrN2/c15-12-2-1-10-9-3-6-16-7-4-13(9)17-8-5-11(12)14(10)17/h1-2,16H,3-8H2. The summed E-state index contributed by atoms with van der Waals surface area (Å²) in [5.74, 6) is 0. The number of fused-ring (bicyclic) bond motifs is 3. The number of benzene rings is 1. The Morgan fingerprint density at radius 3 is 2.88 bits per heavy atom. The van der Waals surface area contributed by atoms with Crippen LogP contribution in [-0.2, 0) is 25.8 Å². The van der Waals surface area contributed by atoms with E-state index in [1.165, 1.54) is 46.7 Å². The van der Waals surface area contributed by atoms with E-state index in [1.807, 2.05) is 0 Å². The lowest BCUT2D eigenvalue weighted by molar-refractivity contribution is 0.680. The van der Waals surface area contributed by atoms with Gasteiger partial charge in [-0.05, 0) is 36.6 Å². The number of aryl methyl sites for hydroxylation is 2. The zero-order valence-corrected chi connectivity index (χ0v) is 11.3. The van der Waals surface area contributed by atoms with Crippen molar-refractivity contribution in [3.63, 3.8) is 0 Å². The molecule has 0 aliphatic carbocycles. The molecule has 0 fully saturated rings. The van der Waals surface area contributed by atoms with Crippen molar-refractivity contribution in [3.05, 3.63) is 33.4 Å². The Bertz CT molecular complexity index is 612. The fourth-order valence-electron chi connectivity index (χ4n) is 3.44. The monoisotopic (exact) mass is 290 g/mol. The second-order valence-electron chi connectivity index (χ2n) is 5.00. The molecule has 2 aliphatic rings. The maximum atomic E-state index is 3.69. The van der Waals surface area contributed by atoms with Crippen molar-refractivity contribution >= 4 is 26.8 Å². The van der Waals surface area contributed by atoms with Crippen LogP contribution < -0.4 is 5.32 Å². The third-order valence-electron chi connectivity index (χ3n) is 4.17. The lowest BCUT2D eigenvalue weighted by Gasteiger charge is -2.05. The zero-order chi connectivity index (χ0) is 11.4. The molecule has 1 aromatic carbocycles. The summed E-state index contributed by atoms with van der Waals surface area (Å²) in [6.07, 6.45) is 3.55. The third kappa shape index (κ3) is 1.30. The number of halogens is 1. The minimum atomic E-state index is 1.12. The molecular formula is C14H15BrN2. The van der Waals surface area contributed by atoms with Gasteiger partial charge in [0.15, 0.2) is 0 Å². The molecule has 1 aromatic heterocycles. The van der Waals surface area contributed by atoms with E-state index in [9.17, 15) is 0 Å². The Kier molecular flexibility index (Phi) is 2.15. The largest absolute Gasteiger partial charge is 0.344 e. The van der Waals surface area contributed by atoms with Crippen LogP contribution in [0.25, 0.3) is 10.9 Å². The quantitative estimate of drug-likeness (QED) is 0.789. The van der Waals surface area contributed by atoms with Crippen LogP contribution in [0.2, 0.25) is 0 Å². The van der Waals surface area contributed by atoms with Crippen LogP contribution in [-0.4, -0.2) is 17.7 Å². The van der Waals surface area contributed by atoms with Crippen molar-refractivity contribution in [3.8, 4) is 0 Å². The first kappa shape index (κ1) is 10.2. The first-order chi connectivity index (χ1) is 8.36. The van der Waals surface area contributed by atoms with Gasteiger partial charge in [-0.15, -0.1) is 0 Å². The number of hydrogen-bond acceptors (Lipinski definition) is 1. The van der Waals surface area contributed by atoms with E-state index in [0.29, 0.717) is 0 Å². The number of aromatic nitrogens is 1. The fraction of sp³-hybridized carbons (Fsp3) is 0.429. The summed E-state index contributed by atoms with van der Waals surface area (Å²) in [6.45, 7) is 3.42. The molecule has 0 atom stereocenters. The molecule has 3 heterocycles. The van der Waals surface area contributed by atoms with E-state index in [-0.39, 0.29) is 0 Å². The third-order valence-corrected chi connectivity index (χ3v) is 4.91. The summed E-state index contributed by atoms with van der Waals surface area (Å²) in [7, 11) is 0. The van der Waals surface area contributed by atoms with Gasteiger partial charge in [0.25, 0.3) is 0 Å². The molecule has 88 valence electrons. The molecule has 1 N–H and O–H groups in total. The average Bonchev–Trinajstić information content (AvgIpc) is 2.79. The highest BCUT2D eigenvalue weighted by Gasteiger charge is 2.25. The van der Waals surface area contributed by atoms with Gasteiger partial charge in [0, 0.05) is 35.1 Å². The second-order valence-corrected chi connectivity index (χ2v) is 5.85. The summed E-state index contributed by atoms with van der Waals surface area (Å²) >= 11 is 3.69. The maximum absolute atomic E-state index is 3.69. The Labute approximate surface area is 109 Å². The van der Waals surface area contributed by atoms with Crippen LogP contribution >= 0.6 is 15.9 Å². The maximum Gasteiger partial charge on any atom is 0.0530 e. The van der Waals surface area contributed by atoms with Gasteiger partial charge in [-0.1, -0.05) is 22.0 Å². The normalized spacial score (nSPS) is 18.4. The molecule has 17 heavy (non-hydrogen) atoms. The molecule has 0 spiro atoms. The molecule has 2 nitrogen and oxygen atoms in total. The molecule has 0 amide bonds. The lowest BCUT2D eigenvalue weighted by Crippen LogP contribution is -2.17. The summed E-state index contributed by atoms with van der Waals surface area (Å²) in [6, 6.07) is 4.53. The minimum absolute atomic E-state index is 1.12. The van der Waals surface area contributed by atoms with Crippen molar-refractivity contribution < 1.29 is 0 Å². The van der Waals surface area contributed by atoms with Crippen LogP contribution in [0, 0.1) is 0 Å².